The number of hydrogen-bond acceptors (Lipinski definition) is 5. The maximum absolute atomic E-state index is 6.22. The van der Waals surface area contributed by atoms with E-state index in [9.17, 15) is 0 Å². The van der Waals surface area contributed by atoms with Gasteiger partial charge in [-0.1, -0.05) is 18.5 Å². The Balaban J connectivity index is 2.07. The predicted octanol–water partition coefficient (Wildman–Crippen LogP) is 3.52. The summed E-state index contributed by atoms with van der Waals surface area (Å²) >= 11 is 6.22. The largest absolute Gasteiger partial charge is 0.454 e. The lowest BCUT2D eigenvalue weighted by Crippen LogP contribution is -2.03. The first kappa shape index (κ1) is 13.9. The predicted molar refractivity (Wildman–Crippen MR) is 82.1 cm³/mol. The summed E-state index contributed by atoms with van der Waals surface area (Å²) in [5.41, 5.74) is 1.79. The van der Waals surface area contributed by atoms with Gasteiger partial charge < -0.3 is 14.8 Å². The Hall–Kier alpha value is -2.01. The van der Waals surface area contributed by atoms with E-state index in [1.54, 1.807) is 6.07 Å². The van der Waals surface area contributed by atoms with Crippen molar-refractivity contribution in [2.45, 2.75) is 20.3 Å². The maximum atomic E-state index is 6.22. The van der Waals surface area contributed by atoms with Gasteiger partial charge in [0.1, 0.15) is 5.82 Å². The summed E-state index contributed by atoms with van der Waals surface area (Å²) in [6, 6.07) is 5.62. The Morgan fingerprint density at radius 2 is 2.05 bits per heavy atom. The van der Waals surface area contributed by atoms with E-state index in [2.05, 4.69) is 22.2 Å². The molecule has 0 amide bonds. The lowest BCUT2D eigenvalue weighted by Gasteiger charge is -2.09. The van der Waals surface area contributed by atoms with E-state index in [4.69, 9.17) is 21.1 Å². The van der Waals surface area contributed by atoms with Crippen molar-refractivity contribution in [3.63, 3.8) is 0 Å². The number of anilines is 1. The fraction of sp³-hybridized carbons (Fsp3) is 0.333. The standard InChI is InChI=1S/C15H16ClN3O2/c1-3-10-7-13(17-4-2)19-15(18-10)9-5-11(16)14-12(6-9)20-8-21-14/h5-7H,3-4,8H2,1-2H3,(H,17,18,19). The Kier molecular flexibility index (Phi) is 3.84. The highest BCUT2D eigenvalue weighted by Crippen LogP contribution is 2.41. The van der Waals surface area contributed by atoms with Crippen LogP contribution >= 0.6 is 11.6 Å². The number of halogens is 1. The Bertz CT molecular complexity index is 676. The minimum atomic E-state index is 0.191. The number of nitrogens with one attached hydrogen (secondary N) is 1. The summed E-state index contributed by atoms with van der Waals surface area (Å²) in [6.07, 6.45) is 0.839. The lowest BCUT2D eigenvalue weighted by atomic mass is 10.1. The molecular weight excluding hydrogens is 290 g/mol. The summed E-state index contributed by atoms with van der Waals surface area (Å²) in [4.78, 5) is 9.10. The van der Waals surface area contributed by atoms with Gasteiger partial charge in [-0.15, -0.1) is 0 Å². The summed E-state index contributed by atoms with van der Waals surface area (Å²) in [7, 11) is 0. The molecule has 0 aliphatic carbocycles. The third-order valence-electron chi connectivity index (χ3n) is 3.18. The molecule has 0 bridgehead atoms. The molecule has 1 N–H and O–H groups in total. The number of aryl methyl sites for hydroxylation is 1. The van der Waals surface area contributed by atoms with Crippen molar-refractivity contribution >= 4 is 17.4 Å². The van der Waals surface area contributed by atoms with Gasteiger partial charge in [0.15, 0.2) is 17.3 Å². The third kappa shape index (κ3) is 2.74. The van der Waals surface area contributed by atoms with E-state index in [1.807, 2.05) is 19.1 Å². The Morgan fingerprint density at radius 1 is 1.19 bits per heavy atom. The number of rotatable bonds is 4. The van der Waals surface area contributed by atoms with Crippen LogP contribution in [0.2, 0.25) is 5.02 Å². The summed E-state index contributed by atoms with van der Waals surface area (Å²) < 4.78 is 10.7. The van der Waals surface area contributed by atoms with Crippen molar-refractivity contribution in [3.8, 4) is 22.9 Å². The third-order valence-corrected chi connectivity index (χ3v) is 3.47. The fourth-order valence-corrected chi connectivity index (χ4v) is 2.44. The molecule has 0 saturated carbocycles. The van der Waals surface area contributed by atoms with Crippen molar-refractivity contribution in [1.82, 2.24) is 9.97 Å². The molecular formula is C15H16ClN3O2. The number of ether oxygens (including phenoxy) is 2. The average molecular weight is 306 g/mol. The van der Waals surface area contributed by atoms with Crippen molar-refractivity contribution in [3.05, 3.63) is 28.9 Å². The molecule has 0 saturated heterocycles. The molecule has 2 aromatic rings. The molecule has 0 atom stereocenters. The second kappa shape index (κ2) is 5.77. The lowest BCUT2D eigenvalue weighted by molar-refractivity contribution is 0.174. The van der Waals surface area contributed by atoms with E-state index < -0.39 is 0 Å². The summed E-state index contributed by atoms with van der Waals surface area (Å²) in [6.45, 7) is 5.10. The van der Waals surface area contributed by atoms with Gasteiger partial charge in [0, 0.05) is 23.9 Å². The van der Waals surface area contributed by atoms with E-state index in [1.165, 1.54) is 0 Å². The first-order valence-electron chi connectivity index (χ1n) is 6.92. The van der Waals surface area contributed by atoms with Crippen LogP contribution in [0.15, 0.2) is 18.2 Å². The Morgan fingerprint density at radius 3 is 2.81 bits per heavy atom. The molecule has 0 radical (unpaired) electrons. The second-order valence-electron chi connectivity index (χ2n) is 4.64. The summed E-state index contributed by atoms with van der Waals surface area (Å²) in [5, 5.41) is 3.73. The number of fused-ring (bicyclic) bond motifs is 1. The molecule has 1 aliphatic rings. The molecule has 21 heavy (non-hydrogen) atoms. The van der Waals surface area contributed by atoms with Gasteiger partial charge >= 0.3 is 0 Å². The highest BCUT2D eigenvalue weighted by molar-refractivity contribution is 6.32. The second-order valence-corrected chi connectivity index (χ2v) is 5.05. The molecule has 3 rings (SSSR count). The highest BCUT2D eigenvalue weighted by Gasteiger charge is 2.20. The SMILES string of the molecule is CCNc1cc(CC)nc(-c2cc(Cl)c3c(c2)OCO3)n1. The van der Waals surface area contributed by atoms with Crippen molar-refractivity contribution in [2.24, 2.45) is 0 Å². The van der Waals surface area contributed by atoms with Crippen LogP contribution in [0.25, 0.3) is 11.4 Å². The van der Waals surface area contributed by atoms with Crippen LogP contribution in [0, 0.1) is 0 Å². The number of benzene rings is 1. The topological polar surface area (TPSA) is 56.3 Å². The maximum Gasteiger partial charge on any atom is 0.231 e. The minimum Gasteiger partial charge on any atom is -0.454 e. The van der Waals surface area contributed by atoms with Gasteiger partial charge in [-0.3, -0.25) is 0 Å². The van der Waals surface area contributed by atoms with E-state index in [-0.39, 0.29) is 6.79 Å². The zero-order valence-corrected chi connectivity index (χ0v) is 12.7. The molecule has 6 heteroatoms. The number of aromatic nitrogens is 2. The first-order valence-corrected chi connectivity index (χ1v) is 7.30. The molecule has 1 aromatic carbocycles. The molecule has 0 unspecified atom stereocenters. The quantitative estimate of drug-likeness (QED) is 0.936. The van der Waals surface area contributed by atoms with Gasteiger partial charge in [0.2, 0.25) is 6.79 Å². The van der Waals surface area contributed by atoms with Crippen LogP contribution in [-0.4, -0.2) is 23.3 Å². The zero-order valence-electron chi connectivity index (χ0n) is 11.9. The smallest absolute Gasteiger partial charge is 0.231 e. The van der Waals surface area contributed by atoms with Crippen LogP contribution in [0.5, 0.6) is 11.5 Å². The highest BCUT2D eigenvalue weighted by atomic mass is 35.5. The van der Waals surface area contributed by atoms with Crippen LogP contribution in [-0.2, 0) is 6.42 Å². The Labute approximate surface area is 128 Å². The van der Waals surface area contributed by atoms with Gasteiger partial charge in [0.05, 0.1) is 5.02 Å². The monoisotopic (exact) mass is 305 g/mol. The van der Waals surface area contributed by atoms with Crippen molar-refractivity contribution in [2.75, 3.05) is 18.7 Å². The normalized spacial score (nSPS) is 12.5. The van der Waals surface area contributed by atoms with Gasteiger partial charge in [-0.25, -0.2) is 9.97 Å². The van der Waals surface area contributed by atoms with Crippen LogP contribution < -0.4 is 14.8 Å². The van der Waals surface area contributed by atoms with Crippen molar-refractivity contribution in [1.29, 1.82) is 0 Å². The molecule has 0 spiro atoms. The van der Waals surface area contributed by atoms with Gasteiger partial charge in [-0.05, 0) is 25.5 Å². The fourth-order valence-electron chi connectivity index (χ4n) is 2.18. The average Bonchev–Trinajstić information content (AvgIpc) is 2.96. The first-order chi connectivity index (χ1) is 10.2. The zero-order chi connectivity index (χ0) is 14.8. The molecule has 1 aromatic heterocycles. The summed E-state index contributed by atoms with van der Waals surface area (Å²) in [5.74, 6) is 2.66. The van der Waals surface area contributed by atoms with Crippen LogP contribution in [0.3, 0.4) is 0 Å². The van der Waals surface area contributed by atoms with E-state index in [0.717, 1.165) is 30.0 Å². The van der Waals surface area contributed by atoms with E-state index >= 15 is 0 Å². The number of hydrogen-bond donors (Lipinski definition) is 1. The van der Waals surface area contributed by atoms with Gasteiger partial charge in [0.25, 0.3) is 0 Å². The van der Waals surface area contributed by atoms with E-state index in [0.29, 0.717) is 22.3 Å². The molecule has 0 fully saturated rings. The van der Waals surface area contributed by atoms with Crippen molar-refractivity contribution < 1.29 is 9.47 Å². The molecule has 110 valence electrons. The minimum absolute atomic E-state index is 0.191. The number of nitrogens with zero attached hydrogens (tertiary/aromatic N) is 2. The molecule has 1 aliphatic heterocycles. The van der Waals surface area contributed by atoms with Crippen LogP contribution in [0.4, 0.5) is 5.82 Å². The van der Waals surface area contributed by atoms with Gasteiger partial charge in [-0.2, -0.15) is 0 Å². The molecule has 2 heterocycles. The van der Waals surface area contributed by atoms with Crippen LogP contribution in [0.1, 0.15) is 19.5 Å². The molecule has 5 nitrogen and oxygen atoms in total.